The summed E-state index contributed by atoms with van der Waals surface area (Å²) in [4.78, 5) is 2.48. The minimum absolute atomic E-state index is 0.518. The van der Waals surface area contributed by atoms with Gasteiger partial charge in [-0.15, -0.1) is 0 Å². The summed E-state index contributed by atoms with van der Waals surface area (Å²) in [5.74, 6) is 0.667. The molecule has 0 spiro atoms. The van der Waals surface area contributed by atoms with E-state index in [0.717, 1.165) is 19.1 Å². The molecule has 0 aromatic heterocycles. The maximum atomic E-state index is 3.76. The van der Waals surface area contributed by atoms with E-state index < -0.39 is 0 Å². The van der Waals surface area contributed by atoms with E-state index in [4.69, 9.17) is 0 Å². The second-order valence-corrected chi connectivity index (χ2v) is 7.44. The molecule has 2 nitrogen and oxygen atoms in total. The first-order valence-electron chi connectivity index (χ1n) is 7.75. The van der Waals surface area contributed by atoms with Gasteiger partial charge in [-0.05, 0) is 66.2 Å². The van der Waals surface area contributed by atoms with E-state index in [0.29, 0.717) is 12.0 Å². The lowest BCUT2D eigenvalue weighted by Gasteiger charge is -2.31. The minimum Gasteiger partial charge on any atom is -0.368 e. The molecule has 1 aromatic carbocycles. The number of halogens is 1. The fourth-order valence-corrected chi connectivity index (χ4v) is 3.08. The Morgan fingerprint density at radius 3 is 2.45 bits per heavy atom. The second-order valence-electron chi connectivity index (χ2n) is 6.58. The minimum atomic E-state index is 0.518. The van der Waals surface area contributed by atoms with Gasteiger partial charge in [0.1, 0.15) is 0 Å². The van der Waals surface area contributed by atoms with Crippen molar-refractivity contribution in [2.24, 2.45) is 5.92 Å². The SMILES string of the molecule is CC(C)CN(c1ccc(CNC2CC2)cc1Br)C(C)C. The van der Waals surface area contributed by atoms with Crippen molar-refractivity contribution in [3.8, 4) is 0 Å². The monoisotopic (exact) mass is 338 g/mol. The van der Waals surface area contributed by atoms with Crippen LogP contribution in [0.5, 0.6) is 0 Å². The maximum absolute atomic E-state index is 3.76. The molecule has 1 fully saturated rings. The number of hydrogen-bond donors (Lipinski definition) is 1. The van der Waals surface area contributed by atoms with Gasteiger partial charge in [-0.2, -0.15) is 0 Å². The number of nitrogens with zero attached hydrogens (tertiary/aromatic N) is 1. The van der Waals surface area contributed by atoms with Crippen LogP contribution < -0.4 is 10.2 Å². The Hall–Kier alpha value is -0.540. The van der Waals surface area contributed by atoms with Crippen LogP contribution >= 0.6 is 15.9 Å². The van der Waals surface area contributed by atoms with Crippen molar-refractivity contribution >= 4 is 21.6 Å². The van der Waals surface area contributed by atoms with Crippen molar-refractivity contribution in [3.63, 3.8) is 0 Å². The van der Waals surface area contributed by atoms with E-state index in [-0.39, 0.29) is 0 Å². The molecule has 112 valence electrons. The third-order valence-corrected chi connectivity index (χ3v) is 4.31. The van der Waals surface area contributed by atoms with E-state index in [1.807, 2.05) is 0 Å². The van der Waals surface area contributed by atoms with Gasteiger partial charge in [0.2, 0.25) is 0 Å². The second kappa shape index (κ2) is 6.95. The van der Waals surface area contributed by atoms with E-state index in [1.165, 1.54) is 28.6 Å². The molecule has 1 aliphatic carbocycles. The van der Waals surface area contributed by atoms with Gasteiger partial charge in [-0.25, -0.2) is 0 Å². The van der Waals surface area contributed by atoms with Crippen molar-refractivity contribution in [2.45, 2.75) is 59.2 Å². The fourth-order valence-electron chi connectivity index (χ4n) is 2.42. The zero-order valence-corrected chi connectivity index (χ0v) is 14.7. The molecule has 2 rings (SSSR count). The van der Waals surface area contributed by atoms with Gasteiger partial charge in [0, 0.05) is 29.6 Å². The standard InChI is InChI=1S/C17H27BrN2/c1-12(2)11-20(13(3)4)17-8-5-14(9-16(17)18)10-19-15-6-7-15/h5,8-9,12-13,15,19H,6-7,10-11H2,1-4H3. The van der Waals surface area contributed by atoms with Gasteiger partial charge in [-0.3, -0.25) is 0 Å². The maximum Gasteiger partial charge on any atom is 0.0513 e. The topological polar surface area (TPSA) is 15.3 Å². The van der Waals surface area contributed by atoms with Gasteiger partial charge >= 0.3 is 0 Å². The lowest BCUT2D eigenvalue weighted by Crippen LogP contribution is -2.34. The summed E-state index contributed by atoms with van der Waals surface area (Å²) in [6.45, 7) is 11.1. The summed E-state index contributed by atoms with van der Waals surface area (Å²) in [5, 5.41) is 3.57. The lowest BCUT2D eigenvalue weighted by molar-refractivity contribution is 0.570. The van der Waals surface area contributed by atoms with Gasteiger partial charge in [0.15, 0.2) is 0 Å². The van der Waals surface area contributed by atoms with Crippen LogP contribution in [0.25, 0.3) is 0 Å². The summed E-state index contributed by atoms with van der Waals surface area (Å²) in [5.41, 5.74) is 2.67. The van der Waals surface area contributed by atoms with Crippen LogP contribution in [0.3, 0.4) is 0 Å². The molecular weight excluding hydrogens is 312 g/mol. The number of rotatable bonds is 7. The predicted molar refractivity (Wildman–Crippen MR) is 91.3 cm³/mol. The van der Waals surface area contributed by atoms with E-state index in [9.17, 15) is 0 Å². The number of hydrogen-bond acceptors (Lipinski definition) is 2. The van der Waals surface area contributed by atoms with Crippen molar-refractivity contribution in [1.82, 2.24) is 5.32 Å². The van der Waals surface area contributed by atoms with Crippen LogP contribution in [0, 0.1) is 5.92 Å². The summed E-state index contributed by atoms with van der Waals surface area (Å²) >= 11 is 3.76. The number of nitrogens with one attached hydrogen (secondary N) is 1. The lowest BCUT2D eigenvalue weighted by atomic mass is 10.1. The number of benzene rings is 1. The zero-order chi connectivity index (χ0) is 14.7. The Morgan fingerprint density at radius 1 is 1.25 bits per heavy atom. The molecule has 0 unspecified atom stereocenters. The van der Waals surface area contributed by atoms with E-state index in [1.54, 1.807) is 0 Å². The molecule has 1 saturated carbocycles. The van der Waals surface area contributed by atoms with Gasteiger partial charge in [-0.1, -0.05) is 19.9 Å². The van der Waals surface area contributed by atoms with Crippen LogP contribution in [0.2, 0.25) is 0 Å². The Balaban J connectivity index is 2.09. The molecule has 0 saturated heterocycles. The smallest absolute Gasteiger partial charge is 0.0513 e. The molecule has 1 aliphatic rings. The van der Waals surface area contributed by atoms with Crippen LogP contribution in [0.4, 0.5) is 5.69 Å². The van der Waals surface area contributed by atoms with Crippen molar-refractivity contribution in [2.75, 3.05) is 11.4 Å². The van der Waals surface area contributed by atoms with Crippen LogP contribution in [0.15, 0.2) is 22.7 Å². The highest BCUT2D eigenvalue weighted by Gasteiger charge is 2.20. The molecule has 3 heteroatoms. The van der Waals surface area contributed by atoms with Crippen molar-refractivity contribution in [1.29, 1.82) is 0 Å². The van der Waals surface area contributed by atoms with E-state index >= 15 is 0 Å². The molecule has 20 heavy (non-hydrogen) atoms. The molecule has 0 amide bonds. The molecule has 0 aliphatic heterocycles. The van der Waals surface area contributed by atoms with Crippen molar-refractivity contribution < 1.29 is 0 Å². The zero-order valence-electron chi connectivity index (χ0n) is 13.1. The normalized spacial score (nSPS) is 15.2. The molecule has 1 N–H and O–H groups in total. The molecule has 1 aromatic rings. The summed E-state index contributed by atoms with van der Waals surface area (Å²) in [6.07, 6.45) is 2.68. The largest absolute Gasteiger partial charge is 0.368 e. The highest BCUT2D eigenvalue weighted by molar-refractivity contribution is 9.10. The highest BCUT2D eigenvalue weighted by Crippen LogP contribution is 2.30. The Bertz CT molecular complexity index is 439. The first-order chi connectivity index (χ1) is 9.47. The first-order valence-corrected chi connectivity index (χ1v) is 8.55. The van der Waals surface area contributed by atoms with Crippen molar-refractivity contribution in [3.05, 3.63) is 28.2 Å². The molecular formula is C17H27BrN2. The Kier molecular flexibility index (Phi) is 5.50. The quantitative estimate of drug-likeness (QED) is 0.783. The molecule has 0 radical (unpaired) electrons. The summed E-state index contributed by atoms with van der Waals surface area (Å²) in [7, 11) is 0. The molecule has 0 atom stereocenters. The fraction of sp³-hybridized carbons (Fsp3) is 0.647. The summed E-state index contributed by atoms with van der Waals surface area (Å²) in [6, 6.07) is 8.06. The summed E-state index contributed by atoms with van der Waals surface area (Å²) < 4.78 is 1.21. The number of anilines is 1. The van der Waals surface area contributed by atoms with Crippen LogP contribution in [-0.4, -0.2) is 18.6 Å². The van der Waals surface area contributed by atoms with Gasteiger partial charge in [0.05, 0.1) is 5.69 Å². The first kappa shape index (κ1) is 15.8. The average molecular weight is 339 g/mol. The Morgan fingerprint density at radius 2 is 1.95 bits per heavy atom. The van der Waals surface area contributed by atoms with Gasteiger partial charge < -0.3 is 10.2 Å². The highest BCUT2D eigenvalue weighted by atomic mass is 79.9. The van der Waals surface area contributed by atoms with Crippen LogP contribution in [0.1, 0.15) is 46.1 Å². The predicted octanol–water partition coefficient (Wildman–Crippen LogP) is 4.57. The third-order valence-electron chi connectivity index (χ3n) is 3.68. The molecule has 0 heterocycles. The van der Waals surface area contributed by atoms with E-state index in [2.05, 4.69) is 72.0 Å². The molecule has 0 bridgehead atoms. The van der Waals surface area contributed by atoms with Crippen LogP contribution in [-0.2, 0) is 6.54 Å². The van der Waals surface area contributed by atoms with Gasteiger partial charge in [0.25, 0.3) is 0 Å². The Labute approximate surface area is 132 Å². The third kappa shape index (κ3) is 4.49. The average Bonchev–Trinajstić information content (AvgIpc) is 3.17.